The van der Waals surface area contributed by atoms with Gasteiger partial charge in [-0.15, -0.1) is 0 Å². The van der Waals surface area contributed by atoms with Gasteiger partial charge in [-0.05, 0) is 67.1 Å². The van der Waals surface area contributed by atoms with Crippen molar-refractivity contribution < 1.29 is 23.5 Å². The summed E-state index contributed by atoms with van der Waals surface area (Å²) in [5, 5.41) is 0. The maximum atomic E-state index is 13.6. The number of rotatable bonds is 12. The molecular formula is C30H40FN3O4. The Kier molecular flexibility index (Phi) is 9.98. The van der Waals surface area contributed by atoms with Gasteiger partial charge in [0.25, 0.3) is 0 Å². The summed E-state index contributed by atoms with van der Waals surface area (Å²) >= 11 is 0. The van der Waals surface area contributed by atoms with Gasteiger partial charge in [0.15, 0.2) is 0 Å². The third kappa shape index (κ3) is 8.18. The number of likely N-dealkylation sites (tertiary alicyclic amines) is 1. The van der Waals surface area contributed by atoms with Crippen molar-refractivity contribution >= 4 is 12.0 Å². The number of halogens is 1. The molecule has 8 heteroatoms. The van der Waals surface area contributed by atoms with Crippen molar-refractivity contribution in [2.75, 3.05) is 45.9 Å². The summed E-state index contributed by atoms with van der Waals surface area (Å²) in [6, 6.07) is 14.3. The molecule has 2 amide bonds. The molecule has 0 saturated carbocycles. The SMILES string of the molecule is CC(C)COc1ccc(CC(=O)N(Cc2ccc(F)cc2)C2CCN(CCCN3CCOC3=O)CC2)cc1. The molecule has 2 aromatic rings. The number of piperidine rings is 1. The molecule has 2 aliphatic rings. The normalized spacial score (nSPS) is 16.6. The lowest BCUT2D eigenvalue weighted by Crippen LogP contribution is -2.48. The van der Waals surface area contributed by atoms with Crippen LogP contribution in [0.5, 0.6) is 5.75 Å². The standard InChI is InChI=1S/C30H40FN3O4/c1-23(2)22-38-28-10-6-24(7-11-28)20-29(35)34(21-25-4-8-26(31)9-5-25)27-12-16-32(17-13-27)14-3-15-33-18-19-37-30(33)36/h4-11,23,27H,3,12-22H2,1-2H3. The molecule has 2 saturated heterocycles. The van der Waals surface area contributed by atoms with Crippen LogP contribution in [0.3, 0.4) is 0 Å². The van der Waals surface area contributed by atoms with Gasteiger partial charge in [-0.25, -0.2) is 9.18 Å². The molecule has 2 aromatic carbocycles. The van der Waals surface area contributed by atoms with Crippen LogP contribution in [0.2, 0.25) is 0 Å². The van der Waals surface area contributed by atoms with E-state index >= 15 is 0 Å². The van der Waals surface area contributed by atoms with E-state index in [9.17, 15) is 14.0 Å². The molecule has 4 rings (SSSR count). The molecule has 0 aromatic heterocycles. The molecule has 0 aliphatic carbocycles. The van der Waals surface area contributed by atoms with Crippen molar-refractivity contribution in [3.05, 3.63) is 65.5 Å². The third-order valence-corrected chi connectivity index (χ3v) is 7.19. The summed E-state index contributed by atoms with van der Waals surface area (Å²) in [4.78, 5) is 31.4. The maximum absolute atomic E-state index is 13.6. The third-order valence-electron chi connectivity index (χ3n) is 7.19. The first kappa shape index (κ1) is 27.9. The van der Waals surface area contributed by atoms with E-state index in [1.807, 2.05) is 29.2 Å². The van der Waals surface area contributed by atoms with Crippen LogP contribution >= 0.6 is 0 Å². The Morgan fingerprint density at radius 1 is 1.03 bits per heavy atom. The van der Waals surface area contributed by atoms with Gasteiger partial charge in [-0.1, -0.05) is 38.1 Å². The van der Waals surface area contributed by atoms with Gasteiger partial charge < -0.3 is 24.2 Å². The second-order valence-corrected chi connectivity index (χ2v) is 10.7. The molecule has 0 radical (unpaired) electrons. The minimum Gasteiger partial charge on any atom is -0.493 e. The number of cyclic esters (lactones) is 1. The average Bonchev–Trinajstić information content (AvgIpc) is 3.32. The summed E-state index contributed by atoms with van der Waals surface area (Å²) in [6.45, 7) is 9.97. The van der Waals surface area contributed by atoms with Crippen molar-refractivity contribution in [2.24, 2.45) is 5.92 Å². The largest absolute Gasteiger partial charge is 0.493 e. The number of benzene rings is 2. The van der Waals surface area contributed by atoms with Gasteiger partial charge in [0.1, 0.15) is 18.2 Å². The monoisotopic (exact) mass is 525 g/mol. The fourth-order valence-corrected chi connectivity index (χ4v) is 5.02. The highest BCUT2D eigenvalue weighted by atomic mass is 19.1. The molecular weight excluding hydrogens is 485 g/mol. The molecule has 0 N–H and O–H groups in total. The Labute approximate surface area is 225 Å². The molecule has 0 spiro atoms. The first-order chi connectivity index (χ1) is 18.4. The van der Waals surface area contributed by atoms with Crippen LogP contribution in [0.25, 0.3) is 0 Å². The van der Waals surface area contributed by atoms with Crippen molar-refractivity contribution in [2.45, 2.75) is 52.1 Å². The fraction of sp³-hybridized carbons (Fsp3) is 0.533. The maximum Gasteiger partial charge on any atom is 0.409 e. The Morgan fingerprint density at radius 3 is 2.34 bits per heavy atom. The van der Waals surface area contributed by atoms with Gasteiger partial charge in [-0.2, -0.15) is 0 Å². The summed E-state index contributed by atoms with van der Waals surface area (Å²) < 4.78 is 24.3. The van der Waals surface area contributed by atoms with Crippen molar-refractivity contribution in [3.63, 3.8) is 0 Å². The Hall–Kier alpha value is -3.13. The minimum absolute atomic E-state index is 0.0798. The first-order valence-electron chi connectivity index (χ1n) is 13.8. The lowest BCUT2D eigenvalue weighted by atomic mass is 10.0. The van der Waals surface area contributed by atoms with E-state index in [4.69, 9.17) is 9.47 Å². The second-order valence-electron chi connectivity index (χ2n) is 10.7. The van der Waals surface area contributed by atoms with Crippen LogP contribution in [-0.4, -0.2) is 78.7 Å². The van der Waals surface area contributed by atoms with Gasteiger partial charge in [0.05, 0.1) is 19.6 Å². The number of nitrogens with zero attached hydrogens (tertiary/aromatic N) is 3. The zero-order valence-corrected chi connectivity index (χ0v) is 22.6. The van der Waals surface area contributed by atoms with Gasteiger partial charge in [-0.3, -0.25) is 4.79 Å². The summed E-state index contributed by atoms with van der Waals surface area (Å²) in [6.07, 6.45) is 2.80. The lowest BCUT2D eigenvalue weighted by molar-refractivity contribution is -0.134. The molecule has 2 aliphatic heterocycles. The van der Waals surface area contributed by atoms with E-state index < -0.39 is 0 Å². The number of carbonyl (C=O) groups excluding carboxylic acids is 2. The van der Waals surface area contributed by atoms with E-state index in [-0.39, 0.29) is 23.9 Å². The van der Waals surface area contributed by atoms with E-state index in [1.165, 1.54) is 12.1 Å². The Balaban J connectivity index is 1.33. The molecule has 0 unspecified atom stereocenters. The van der Waals surface area contributed by atoms with Crippen LogP contribution < -0.4 is 4.74 Å². The quantitative estimate of drug-likeness (QED) is 0.401. The molecule has 7 nitrogen and oxygen atoms in total. The van der Waals surface area contributed by atoms with Crippen molar-refractivity contribution in [3.8, 4) is 5.75 Å². The van der Waals surface area contributed by atoms with Crippen molar-refractivity contribution in [1.29, 1.82) is 0 Å². The number of hydrogen-bond acceptors (Lipinski definition) is 5. The summed E-state index contributed by atoms with van der Waals surface area (Å²) in [5.41, 5.74) is 1.88. The average molecular weight is 526 g/mol. The smallest absolute Gasteiger partial charge is 0.409 e. The van der Waals surface area contributed by atoms with E-state index in [0.717, 1.165) is 62.3 Å². The number of ether oxygens (including phenoxy) is 2. The highest BCUT2D eigenvalue weighted by molar-refractivity contribution is 5.79. The van der Waals surface area contributed by atoms with Crippen LogP contribution in [0.15, 0.2) is 48.5 Å². The Bertz CT molecular complexity index is 1040. The highest BCUT2D eigenvalue weighted by Gasteiger charge is 2.28. The van der Waals surface area contributed by atoms with Gasteiger partial charge in [0, 0.05) is 32.2 Å². The molecule has 38 heavy (non-hydrogen) atoms. The number of hydrogen-bond donors (Lipinski definition) is 0. The van der Waals surface area contributed by atoms with E-state index in [0.29, 0.717) is 38.6 Å². The number of amides is 2. The Morgan fingerprint density at radius 2 is 1.71 bits per heavy atom. The zero-order chi connectivity index (χ0) is 26.9. The number of carbonyl (C=O) groups is 2. The van der Waals surface area contributed by atoms with Crippen LogP contribution in [0, 0.1) is 11.7 Å². The van der Waals surface area contributed by atoms with E-state index in [2.05, 4.69) is 18.7 Å². The second kappa shape index (κ2) is 13.6. The molecule has 2 heterocycles. The molecule has 0 atom stereocenters. The first-order valence-corrected chi connectivity index (χ1v) is 13.8. The predicted molar refractivity (Wildman–Crippen MR) is 144 cm³/mol. The molecule has 2 fully saturated rings. The molecule has 0 bridgehead atoms. The van der Waals surface area contributed by atoms with Crippen molar-refractivity contribution in [1.82, 2.24) is 14.7 Å². The highest BCUT2D eigenvalue weighted by Crippen LogP contribution is 2.22. The summed E-state index contributed by atoms with van der Waals surface area (Å²) in [7, 11) is 0. The van der Waals surface area contributed by atoms with Crippen LogP contribution in [-0.2, 0) is 22.5 Å². The van der Waals surface area contributed by atoms with Crippen LogP contribution in [0.4, 0.5) is 9.18 Å². The minimum atomic E-state index is -0.276. The van der Waals surface area contributed by atoms with Gasteiger partial charge in [0.2, 0.25) is 5.91 Å². The summed E-state index contributed by atoms with van der Waals surface area (Å²) in [5.74, 6) is 1.07. The van der Waals surface area contributed by atoms with Crippen LogP contribution in [0.1, 0.15) is 44.2 Å². The topological polar surface area (TPSA) is 62.3 Å². The molecule has 206 valence electrons. The van der Waals surface area contributed by atoms with E-state index in [1.54, 1.807) is 17.0 Å². The van der Waals surface area contributed by atoms with Gasteiger partial charge >= 0.3 is 6.09 Å². The predicted octanol–water partition coefficient (Wildman–Crippen LogP) is 4.74. The zero-order valence-electron chi connectivity index (χ0n) is 22.6. The fourth-order valence-electron chi connectivity index (χ4n) is 5.02. The lowest BCUT2D eigenvalue weighted by Gasteiger charge is -2.39.